The zero-order valence-electron chi connectivity index (χ0n) is 14.5. The molecule has 0 saturated carbocycles. The SMILES string of the molecule is Cc1sc(NC(=O)C(c2ccccc2)c2ccccc2)c(C(=O)O)c1C. The lowest BCUT2D eigenvalue weighted by atomic mass is 9.90. The number of carbonyl (C=O) groups excluding carboxylic acids is 1. The number of hydrogen-bond acceptors (Lipinski definition) is 3. The van der Waals surface area contributed by atoms with Crippen molar-refractivity contribution in [3.8, 4) is 0 Å². The van der Waals surface area contributed by atoms with E-state index in [0.717, 1.165) is 16.0 Å². The van der Waals surface area contributed by atoms with Gasteiger partial charge in [-0.3, -0.25) is 4.79 Å². The third-order valence-electron chi connectivity index (χ3n) is 4.36. The number of amides is 1. The number of rotatable bonds is 5. The maximum absolute atomic E-state index is 13.1. The number of carboxylic acid groups (broad SMARTS) is 1. The number of aromatic carboxylic acids is 1. The molecule has 0 fully saturated rings. The van der Waals surface area contributed by atoms with Gasteiger partial charge >= 0.3 is 5.97 Å². The van der Waals surface area contributed by atoms with Gasteiger partial charge in [0.25, 0.3) is 0 Å². The van der Waals surface area contributed by atoms with Crippen LogP contribution in [0.2, 0.25) is 0 Å². The van der Waals surface area contributed by atoms with Crippen LogP contribution >= 0.6 is 11.3 Å². The van der Waals surface area contributed by atoms with E-state index in [-0.39, 0.29) is 11.5 Å². The molecule has 0 spiro atoms. The molecule has 2 N–H and O–H groups in total. The molecule has 0 atom stereocenters. The number of hydrogen-bond donors (Lipinski definition) is 2. The predicted octanol–water partition coefficient (Wildman–Crippen LogP) is 4.83. The third kappa shape index (κ3) is 3.53. The van der Waals surface area contributed by atoms with E-state index in [2.05, 4.69) is 5.32 Å². The van der Waals surface area contributed by atoms with Gasteiger partial charge in [-0.1, -0.05) is 60.7 Å². The Morgan fingerprint density at radius 3 is 1.88 bits per heavy atom. The van der Waals surface area contributed by atoms with Crippen LogP contribution in [0.1, 0.15) is 37.8 Å². The van der Waals surface area contributed by atoms with Crippen molar-refractivity contribution in [2.24, 2.45) is 0 Å². The average molecular weight is 365 g/mol. The highest BCUT2D eigenvalue weighted by Crippen LogP contribution is 2.34. The second kappa shape index (κ2) is 7.54. The van der Waals surface area contributed by atoms with Crippen molar-refractivity contribution in [2.45, 2.75) is 19.8 Å². The zero-order valence-corrected chi connectivity index (χ0v) is 15.3. The van der Waals surface area contributed by atoms with E-state index < -0.39 is 11.9 Å². The van der Waals surface area contributed by atoms with E-state index in [9.17, 15) is 14.7 Å². The van der Waals surface area contributed by atoms with Crippen molar-refractivity contribution in [1.29, 1.82) is 0 Å². The summed E-state index contributed by atoms with van der Waals surface area (Å²) in [7, 11) is 0. The molecule has 2 aromatic carbocycles. The average Bonchev–Trinajstić information content (AvgIpc) is 2.91. The van der Waals surface area contributed by atoms with E-state index in [1.54, 1.807) is 6.92 Å². The Balaban J connectivity index is 2.00. The molecular weight excluding hydrogens is 346 g/mol. The number of nitrogens with one attached hydrogen (secondary N) is 1. The summed E-state index contributed by atoms with van der Waals surface area (Å²) < 4.78 is 0. The summed E-state index contributed by atoms with van der Waals surface area (Å²) in [6.07, 6.45) is 0. The maximum atomic E-state index is 13.1. The minimum atomic E-state index is -1.03. The Kier molecular flexibility index (Phi) is 5.19. The fraction of sp³-hybridized carbons (Fsp3) is 0.143. The summed E-state index contributed by atoms with van der Waals surface area (Å²) in [5.74, 6) is -1.79. The highest BCUT2D eigenvalue weighted by Gasteiger charge is 2.26. The zero-order chi connectivity index (χ0) is 18.7. The summed E-state index contributed by atoms with van der Waals surface area (Å²) in [6.45, 7) is 3.62. The molecule has 0 saturated heterocycles. The molecule has 132 valence electrons. The normalized spacial score (nSPS) is 10.7. The Morgan fingerprint density at radius 2 is 1.42 bits per heavy atom. The lowest BCUT2D eigenvalue weighted by Crippen LogP contribution is -2.22. The standard InChI is InChI=1S/C21H19NO3S/c1-13-14(2)26-20(17(13)21(24)25)22-19(23)18(15-9-5-3-6-10-15)16-11-7-4-8-12-16/h3-12,18H,1-2H3,(H,22,23)(H,24,25). The van der Waals surface area contributed by atoms with Crippen molar-refractivity contribution < 1.29 is 14.7 Å². The van der Waals surface area contributed by atoms with E-state index in [1.807, 2.05) is 67.6 Å². The second-order valence-electron chi connectivity index (χ2n) is 6.04. The molecule has 3 rings (SSSR count). The first-order valence-corrected chi connectivity index (χ1v) is 9.04. The van der Waals surface area contributed by atoms with Crippen LogP contribution < -0.4 is 5.32 Å². The third-order valence-corrected chi connectivity index (χ3v) is 5.49. The molecule has 4 nitrogen and oxygen atoms in total. The summed E-state index contributed by atoms with van der Waals surface area (Å²) in [6, 6.07) is 19.0. The van der Waals surface area contributed by atoms with Crippen LogP contribution in [-0.2, 0) is 4.79 Å². The Morgan fingerprint density at radius 1 is 0.923 bits per heavy atom. The molecule has 1 heterocycles. The predicted molar refractivity (Wildman–Crippen MR) is 104 cm³/mol. The molecular formula is C21H19NO3S. The number of thiophene rings is 1. The molecule has 0 aliphatic heterocycles. The molecule has 1 aromatic heterocycles. The van der Waals surface area contributed by atoms with Crippen LogP contribution in [0.15, 0.2) is 60.7 Å². The van der Waals surface area contributed by atoms with Crippen molar-refractivity contribution in [3.63, 3.8) is 0 Å². The van der Waals surface area contributed by atoms with Crippen LogP contribution in [0.3, 0.4) is 0 Å². The second-order valence-corrected chi connectivity index (χ2v) is 7.26. The van der Waals surface area contributed by atoms with Gasteiger partial charge in [-0.25, -0.2) is 4.79 Å². The number of benzene rings is 2. The van der Waals surface area contributed by atoms with Crippen LogP contribution in [0.5, 0.6) is 0 Å². The monoisotopic (exact) mass is 365 g/mol. The quantitative estimate of drug-likeness (QED) is 0.680. The van der Waals surface area contributed by atoms with Crippen LogP contribution in [0.4, 0.5) is 5.00 Å². The van der Waals surface area contributed by atoms with Crippen LogP contribution in [-0.4, -0.2) is 17.0 Å². The summed E-state index contributed by atoms with van der Waals surface area (Å²) in [5, 5.41) is 12.7. The van der Waals surface area contributed by atoms with Gasteiger partial charge < -0.3 is 10.4 Å². The van der Waals surface area contributed by atoms with Crippen LogP contribution in [0, 0.1) is 13.8 Å². The maximum Gasteiger partial charge on any atom is 0.338 e. The topological polar surface area (TPSA) is 66.4 Å². The van der Waals surface area contributed by atoms with Crippen LogP contribution in [0.25, 0.3) is 0 Å². The van der Waals surface area contributed by atoms with Gasteiger partial charge in [0.15, 0.2) is 0 Å². The number of anilines is 1. The van der Waals surface area contributed by atoms with E-state index in [4.69, 9.17) is 0 Å². The molecule has 0 bridgehead atoms. The number of carbonyl (C=O) groups is 2. The Bertz CT molecular complexity index is 893. The number of carboxylic acids is 1. The van der Waals surface area contributed by atoms with Crippen molar-refractivity contribution in [1.82, 2.24) is 0 Å². The summed E-state index contributed by atoms with van der Waals surface area (Å²) in [4.78, 5) is 25.6. The lowest BCUT2D eigenvalue weighted by Gasteiger charge is -2.17. The first-order chi connectivity index (χ1) is 12.5. The molecule has 5 heteroatoms. The van der Waals surface area contributed by atoms with Crippen molar-refractivity contribution in [3.05, 3.63) is 87.8 Å². The van der Waals surface area contributed by atoms with Gasteiger partial charge in [0.2, 0.25) is 5.91 Å². The molecule has 3 aromatic rings. The fourth-order valence-electron chi connectivity index (χ4n) is 2.94. The molecule has 0 aliphatic carbocycles. The highest BCUT2D eigenvalue weighted by molar-refractivity contribution is 7.16. The molecule has 0 radical (unpaired) electrons. The van der Waals surface area contributed by atoms with Crippen molar-refractivity contribution >= 4 is 28.2 Å². The van der Waals surface area contributed by atoms with Gasteiger partial charge in [-0.2, -0.15) is 0 Å². The largest absolute Gasteiger partial charge is 0.478 e. The lowest BCUT2D eigenvalue weighted by molar-refractivity contribution is -0.116. The first kappa shape index (κ1) is 17.9. The van der Waals surface area contributed by atoms with Gasteiger partial charge in [0.05, 0.1) is 11.5 Å². The summed E-state index contributed by atoms with van der Waals surface area (Å²) >= 11 is 1.29. The molecule has 0 aliphatic rings. The van der Waals surface area contributed by atoms with E-state index in [1.165, 1.54) is 11.3 Å². The minimum absolute atomic E-state index is 0.167. The highest BCUT2D eigenvalue weighted by atomic mass is 32.1. The molecule has 1 amide bonds. The minimum Gasteiger partial charge on any atom is -0.478 e. The van der Waals surface area contributed by atoms with Gasteiger partial charge in [-0.05, 0) is 30.5 Å². The van der Waals surface area contributed by atoms with Gasteiger partial charge in [-0.15, -0.1) is 11.3 Å². The Labute approximate surface area is 156 Å². The number of aryl methyl sites for hydroxylation is 1. The smallest absolute Gasteiger partial charge is 0.338 e. The first-order valence-electron chi connectivity index (χ1n) is 8.23. The van der Waals surface area contributed by atoms with E-state index in [0.29, 0.717) is 10.6 Å². The Hall–Kier alpha value is -2.92. The molecule has 26 heavy (non-hydrogen) atoms. The van der Waals surface area contributed by atoms with Crippen molar-refractivity contribution in [2.75, 3.05) is 5.32 Å². The molecule has 0 unspecified atom stereocenters. The fourth-order valence-corrected chi connectivity index (χ4v) is 4.00. The van der Waals surface area contributed by atoms with Gasteiger partial charge in [0.1, 0.15) is 5.00 Å². The van der Waals surface area contributed by atoms with Gasteiger partial charge in [0, 0.05) is 4.88 Å². The van der Waals surface area contributed by atoms with E-state index >= 15 is 0 Å². The summed E-state index contributed by atoms with van der Waals surface area (Å²) in [5.41, 5.74) is 2.57.